The van der Waals surface area contributed by atoms with Crippen LogP contribution < -0.4 is 4.72 Å². The van der Waals surface area contributed by atoms with Crippen molar-refractivity contribution in [1.82, 2.24) is 4.72 Å². The first-order chi connectivity index (χ1) is 17.0. The van der Waals surface area contributed by atoms with Crippen molar-refractivity contribution in [1.29, 1.82) is 0 Å². The molecule has 0 aliphatic carbocycles. The molecule has 0 saturated carbocycles. The lowest BCUT2D eigenvalue weighted by molar-refractivity contribution is -0.275. The van der Waals surface area contributed by atoms with Crippen LogP contribution in [0.3, 0.4) is 0 Å². The van der Waals surface area contributed by atoms with E-state index in [4.69, 9.17) is 28.0 Å². The number of alkyl halides is 3. The summed E-state index contributed by atoms with van der Waals surface area (Å²) in [6, 6.07) is 17.1. The van der Waals surface area contributed by atoms with Crippen molar-refractivity contribution in [3.8, 4) is 0 Å². The van der Waals surface area contributed by atoms with Gasteiger partial charge < -0.3 is 4.84 Å². The van der Waals surface area contributed by atoms with Crippen LogP contribution in [0.25, 0.3) is 0 Å². The van der Waals surface area contributed by atoms with Crippen molar-refractivity contribution in [3.63, 3.8) is 0 Å². The predicted molar refractivity (Wildman–Crippen MR) is 133 cm³/mol. The monoisotopic (exact) mass is 554 g/mol. The molecular formula is C25H19Cl2F3N2O3S. The van der Waals surface area contributed by atoms with Crippen LogP contribution in [0, 0.1) is 6.92 Å². The van der Waals surface area contributed by atoms with E-state index in [1.165, 1.54) is 24.3 Å². The van der Waals surface area contributed by atoms with Gasteiger partial charge in [-0.15, -0.1) is 0 Å². The SMILES string of the molecule is Cc1cc(C2=NOC(c3cc(Cl)cc(Cl)c3)(C(F)(F)F)C2)ccc1C(=O)NS(=O)Cc1ccccc1. The Morgan fingerprint density at radius 3 is 2.36 bits per heavy atom. The molecule has 188 valence electrons. The van der Waals surface area contributed by atoms with Crippen LogP contribution in [0.5, 0.6) is 0 Å². The summed E-state index contributed by atoms with van der Waals surface area (Å²) in [5, 5.41) is 3.81. The highest BCUT2D eigenvalue weighted by molar-refractivity contribution is 7.82. The van der Waals surface area contributed by atoms with E-state index in [-0.39, 0.29) is 32.6 Å². The molecule has 36 heavy (non-hydrogen) atoms. The van der Waals surface area contributed by atoms with Gasteiger partial charge in [-0.3, -0.25) is 9.52 Å². The quantitative estimate of drug-likeness (QED) is 0.379. The van der Waals surface area contributed by atoms with Gasteiger partial charge in [-0.1, -0.05) is 64.8 Å². The number of hydrogen-bond donors (Lipinski definition) is 1. The number of benzene rings is 3. The predicted octanol–water partition coefficient (Wildman–Crippen LogP) is 6.48. The number of amides is 1. The number of rotatable bonds is 6. The Kier molecular flexibility index (Phi) is 7.45. The Labute approximate surface area is 217 Å². The highest BCUT2D eigenvalue weighted by Gasteiger charge is 2.62. The first-order valence-electron chi connectivity index (χ1n) is 10.6. The third kappa shape index (κ3) is 5.43. The van der Waals surface area contributed by atoms with Gasteiger partial charge in [-0.2, -0.15) is 13.2 Å². The van der Waals surface area contributed by atoms with E-state index in [1.807, 2.05) is 6.07 Å². The largest absolute Gasteiger partial charge is 0.435 e. The molecule has 11 heteroatoms. The molecule has 5 nitrogen and oxygen atoms in total. The molecule has 1 N–H and O–H groups in total. The molecule has 2 atom stereocenters. The zero-order valence-corrected chi connectivity index (χ0v) is 21.1. The van der Waals surface area contributed by atoms with Crippen molar-refractivity contribution in [2.45, 2.75) is 30.9 Å². The van der Waals surface area contributed by atoms with Gasteiger partial charge in [0.2, 0.25) is 0 Å². The molecule has 3 aromatic rings. The number of aryl methyl sites for hydroxylation is 1. The zero-order chi connectivity index (χ0) is 26.1. The summed E-state index contributed by atoms with van der Waals surface area (Å²) in [5.74, 6) is -0.415. The standard InChI is InChI=1S/C25H19Cl2F3N2O3S/c1-15-9-17(7-8-21(15)23(33)32-36(34)14-16-5-3-2-4-6-16)22-13-24(35-31-22,25(28,29)30)18-10-19(26)12-20(27)11-18/h2-12H,13-14H2,1H3,(H,32,33). The van der Waals surface area contributed by atoms with Gasteiger partial charge in [0.1, 0.15) is 11.0 Å². The van der Waals surface area contributed by atoms with Gasteiger partial charge in [0.05, 0.1) is 11.5 Å². The van der Waals surface area contributed by atoms with E-state index in [1.54, 1.807) is 31.2 Å². The molecule has 0 aromatic heterocycles. The Morgan fingerprint density at radius 1 is 1.08 bits per heavy atom. The maximum Gasteiger partial charge on any atom is 0.435 e. The van der Waals surface area contributed by atoms with Crippen molar-refractivity contribution in [2.75, 3.05) is 0 Å². The van der Waals surface area contributed by atoms with E-state index in [0.29, 0.717) is 11.1 Å². The summed E-state index contributed by atoms with van der Waals surface area (Å²) in [6.07, 6.45) is -5.43. The molecule has 1 aliphatic rings. The summed E-state index contributed by atoms with van der Waals surface area (Å²) < 4.78 is 57.4. The average Bonchev–Trinajstić information content (AvgIpc) is 3.26. The summed E-state index contributed by atoms with van der Waals surface area (Å²) in [7, 11) is -1.65. The van der Waals surface area contributed by atoms with Crippen LogP contribution in [0.15, 0.2) is 71.9 Å². The average molecular weight is 555 g/mol. The molecule has 3 aromatic carbocycles. The number of oxime groups is 1. The third-order valence-electron chi connectivity index (χ3n) is 5.67. The molecule has 2 unspecified atom stereocenters. The molecule has 0 saturated heterocycles. The Balaban J connectivity index is 1.53. The van der Waals surface area contributed by atoms with Gasteiger partial charge in [-0.05, 0) is 53.9 Å². The van der Waals surface area contributed by atoms with E-state index >= 15 is 0 Å². The Bertz CT molecular complexity index is 1350. The molecule has 0 radical (unpaired) electrons. The molecule has 0 bridgehead atoms. The molecule has 0 fully saturated rings. The van der Waals surface area contributed by atoms with Crippen molar-refractivity contribution in [2.24, 2.45) is 5.16 Å². The smallest absolute Gasteiger partial charge is 0.374 e. The fraction of sp³-hybridized carbons (Fsp3) is 0.200. The number of nitrogens with zero attached hydrogens (tertiary/aromatic N) is 1. The first-order valence-corrected chi connectivity index (χ1v) is 12.7. The Morgan fingerprint density at radius 2 is 1.75 bits per heavy atom. The molecule has 1 amide bonds. The van der Waals surface area contributed by atoms with Crippen LogP contribution in [0.1, 0.15) is 39.0 Å². The van der Waals surface area contributed by atoms with Gasteiger partial charge in [0.15, 0.2) is 0 Å². The minimum Gasteiger partial charge on any atom is -0.374 e. The van der Waals surface area contributed by atoms with Gasteiger partial charge in [-0.25, -0.2) is 4.21 Å². The van der Waals surface area contributed by atoms with Gasteiger partial charge in [0, 0.05) is 27.6 Å². The van der Waals surface area contributed by atoms with Crippen LogP contribution in [0.2, 0.25) is 10.0 Å². The maximum absolute atomic E-state index is 14.2. The second kappa shape index (κ2) is 10.2. The van der Waals surface area contributed by atoms with Crippen LogP contribution in [0.4, 0.5) is 13.2 Å². The highest BCUT2D eigenvalue weighted by atomic mass is 35.5. The summed E-state index contributed by atoms with van der Waals surface area (Å²) in [6.45, 7) is 1.63. The number of hydrogen-bond acceptors (Lipinski definition) is 4. The molecule has 1 aliphatic heterocycles. The number of carbonyl (C=O) groups excluding carboxylic acids is 1. The maximum atomic E-state index is 14.2. The van der Waals surface area contributed by atoms with Gasteiger partial charge in [0.25, 0.3) is 11.5 Å². The summed E-state index contributed by atoms with van der Waals surface area (Å²) >= 11 is 11.9. The minimum absolute atomic E-state index is 0.0361. The molecular weight excluding hydrogens is 536 g/mol. The zero-order valence-electron chi connectivity index (χ0n) is 18.7. The lowest BCUT2D eigenvalue weighted by Crippen LogP contribution is -2.42. The molecule has 0 spiro atoms. The number of carbonyl (C=O) groups is 1. The first kappa shape index (κ1) is 26.2. The summed E-state index contributed by atoms with van der Waals surface area (Å²) in [5.41, 5.74) is -1.10. The fourth-order valence-corrected chi connectivity index (χ4v) is 5.27. The summed E-state index contributed by atoms with van der Waals surface area (Å²) in [4.78, 5) is 17.7. The van der Waals surface area contributed by atoms with Gasteiger partial charge >= 0.3 is 6.18 Å². The molecule has 1 heterocycles. The van der Waals surface area contributed by atoms with E-state index in [2.05, 4.69) is 9.88 Å². The topological polar surface area (TPSA) is 67.8 Å². The Hall–Kier alpha value is -2.88. The lowest BCUT2D eigenvalue weighted by Gasteiger charge is -2.29. The van der Waals surface area contributed by atoms with Crippen molar-refractivity contribution < 1.29 is 27.0 Å². The van der Waals surface area contributed by atoms with Crippen LogP contribution in [-0.4, -0.2) is 22.0 Å². The molecule has 4 rings (SSSR count). The van der Waals surface area contributed by atoms with Crippen LogP contribution >= 0.6 is 23.2 Å². The second-order valence-electron chi connectivity index (χ2n) is 8.23. The lowest BCUT2D eigenvalue weighted by atomic mass is 9.86. The second-order valence-corrected chi connectivity index (χ2v) is 10.3. The number of halogens is 5. The normalized spacial score (nSPS) is 18.3. The minimum atomic E-state index is -4.82. The van der Waals surface area contributed by atoms with Crippen LogP contribution in [-0.2, 0) is 27.2 Å². The van der Waals surface area contributed by atoms with Crippen molar-refractivity contribution >= 4 is 45.8 Å². The van der Waals surface area contributed by atoms with E-state index in [9.17, 15) is 22.2 Å². The van der Waals surface area contributed by atoms with Crippen molar-refractivity contribution in [3.05, 3.63) is 105 Å². The highest BCUT2D eigenvalue weighted by Crippen LogP contribution is 2.49. The fourth-order valence-electron chi connectivity index (χ4n) is 3.86. The van der Waals surface area contributed by atoms with E-state index < -0.39 is 35.1 Å². The number of nitrogens with one attached hydrogen (secondary N) is 1. The van der Waals surface area contributed by atoms with E-state index in [0.717, 1.165) is 17.7 Å². The third-order valence-corrected chi connectivity index (χ3v) is 7.11.